The number of rotatable bonds is 10. The zero-order chi connectivity index (χ0) is 50.8. The van der Waals surface area contributed by atoms with Crippen molar-refractivity contribution in [1.82, 2.24) is 0 Å². The molecule has 0 aliphatic rings. The summed E-state index contributed by atoms with van der Waals surface area (Å²) in [6.45, 7) is 17.8. The zero-order valence-corrected chi connectivity index (χ0v) is 43.7. The third-order valence-electron chi connectivity index (χ3n) is 15.5. The number of nitrogens with zero attached hydrogens (tertiary/aromatic N) is 2. The molecule has 0 N–H and O–H groups in total. The van der Waals surface area contributed by atoms with Gasteiger partial charge in [-0.25, -0.2) is 0 Å². The first-order valence-corrected chi connectivity index (χ1v) is 26.0. The van der Waals surface area contributed by atoms with Crippen molar-refractivity contribution in [1.29, 1.82) is 0 Å². The first-order valence-electron chi connectivity index (χ1n) is 26.0. The Morgan fingerprint density at radius 1 is 0.243 bits per heavy atom. The van der Waals surface area contributed by atoms with Crippen molar-refractivity contribution in [2.24, 2.45) is 0 Å². The van der Waals surface area contributed by atoms with Crippen molar-refractivity contribution in [2.45, 2.75) is 55.4 Å². The van der Waals surface area contributed by atoms with Crippen molar-refractivity contribution in [2.75, 3.05) is 9.80 Å². The molecule has 0 unspecified atom stereocenters. The molecule has 2 heteroatoms. The van der Waals surface area contributed by atoms with E-state index in [9.17, 15) is 0 Å². The van der Waals surface area contributed by atoms with E-state index in [4.69, 9.17) is 0 Å². The summed E-state index contributed by atoms with van der Waals surface area (Å²) < 4.78 is 0. The number of hydrogen-bond acceptors (Lipinski definition) is 2. The van der Waals surface area contributed by atoms with Gasteiger partial charge in [0.15, 0.2) is 0 Å². The molecule has 0 atom stereocenters. The predicted molar refractivity (Wildman–Crippen MR) is 319 cm³/mol. The minimum atomic E-state index is 1.12. The highest BCUT2D eigenvalue weighted by molar-refractivity contribution is 6.28. The van der Waals surface area contributed by atoms with Gasteiger partial charge in [0.2, 0.25) is 0 Å². The molecule has 0 aliphatic heterocycles. The summed E-state index contributed by atoms with van der Waals surface area (Å²) in [5.74, 6) is 0. The molecular formula is C72H60N2. The second-order valence-corrected chi connectivity index (χ2v) is 20.6. The molecule has 0 saturated heterocycles. The molecular weight excluding hydrogens is 893 g/mol. The van der Waals surface area contributed by atoms with Gasteiger partial charge in [-0.3, -0.25) is 0 Å². The van der Waals surface area contributed by atoms with Gasteiger partial charge in [-0.05, 0) is 215 Å². The van der Waals surface area contributed by atoms with E-state index in [2.05, 4.69) is 284 Å². The van der Waals surface area contributed by atoms with Crippen LogP contribution in [0, 0.1) is 55.4 Å². The Labute approximate surface area is 436 Å². The van der Waals surface area contributed by atoms with Crippen molar-refractivity contribution >= 4 is 66.4 Å². The summed E-state index contributed by atoms with van der Waals surface area (Å²) in [6.07, 6.45) is 0. The van der Waals surface area contributed by atoms with E-state index in [1.165, 1.54) is 121 Å². The second kappa shape index (κ2) is 18.7. The Balaban J connectivity index is 1.13. The quantitative estimate of drug-likeness (QED) is 0.126. The van der Waals surface area contributed by atoms with Crippen LogP contribution in [0.5, 0.6) is 0 Å². The van der Waals surface area contributed by atoms with Crippen LogP contribution in [0.4, 0.5) is 34.1 Å². The summed E-state index contributed by atoms with van der Waals surface area (Å²) in [6, 6.07) is 82.0. The van der Waals surface area contributed by atoms with E-state index in [-0.39, 0.29) is 0 Å². The van der Waals surface area contributed by atoms with Crippen LogP contribution in [-0.4, -0.2) is 0 Å². The average Bonchev–Trinajstić information content (AvgIpc) is 3.41. The lowest BCUT2D eigenvalue weighted by Gasteiger charge is -2.31. The van der Waals surface area contributed by atoms with Gasteiger partial charge in [-0.1, -0.05) is 169 Å². The lowest BCUT2D eigenvalue weighted by molar-refractivity contribution is 1.25. The molecule has 12 rings (SSSR count). The van der Waals surface area contributed by atoms with E-state index >= 15 is 0 Å². The van der Waals surface area contributed by atoms with Gasteiger partial charge in [0.1, 0.15) is 0 Å². The third-order valence-corrected chi connectivity index (χ3v) is 15.5. The van der Waals surface area contributed by atoms with E-state index < -0.39 is 0 Å². The molecule has 358 valence electrons. The van der Waals surface area contributed by atoms with Crippen molar-refractivity contribution in [3.8, 4) is 44.5 Å². The van der Waals surface area contributed by atoms with Crippen LogP contribution in [0.15, 0.2) is 218 Å². The number of aryl methyl sites for hydroxylation is 8. The first kappa shape index (κ1) is 46.4. The Bertz CT molecular complexity index is 3740. The Kier molecular flexibility index (Phi) is 11.7. The fourth-order valence-electron chi connectivity index (χ4n) is 11.8. The van der Waals surface area contributed by atoms with Crippen LogP contribution in [0.3, 0.4) is 0 Å². The number of hydrogen-bond donors (Lipinski definition) is 0. The highest BCUT2D eigenvalue weighted by atomic mass is 15.2. The van der Waals surface area contributed by atoms with Crippen LogP contribution in [0.2, 0.25) is 0 Å². The monoisotopic (exact) mass is 952 g/mol. The fraction of sp³-hybridized carbons (Fsp3) is 0.111. The normalized spacial score (nSPS) is 11.5. The third kappa shape index (κ3) is 8.17. The SMILES string of the molecule is Cc1ccc(N(c2cc(-c3ccccc3C)cc(-c3ccccc3C)c2)c2ccc3ccc4c(N(c5cc(-c6ccccc6C)cc(-c6ccccc6C)c5)c5ccc(C)cc5C)ccc5ccc2c3c54)c(C)c1. The standard InChI is InChI=1S/C72H60N2/c1-45-25-33-67(51(7)37-45)73(59-41-55(61-21-13-9-17-47(61)3)39-56(42-59)62-22-14-10-18-48(62)4)69-35-29-53-28-32-66-70(36-30-54-27-31-65(69)71(53)72(54)66)74(68-34-26-46(2)38-52(68)8)60-43-57(63-23-15-11-19-49(63)5)40-58(44-60)64-24-16-12-20-50(64)6/h9-44H,1-8H3. The minimum absolute atomic E-state index is 1.12. The lowest BCUT2D eigenvalue weighted by Crippen LogP contribution is -2.13. The van der Waals surface area contributed by atoms with Crippen LogP contribution in [0.25, 0.3) is 76.8 Å². The summed E-state index contributed by atoms with van der Waals surface area (Å²) in [5, 5.41) is 7.37. The van der Waals surface area contributed by atoms with Crippen LogP contribution < -0.4 is 9.80 Å². The zero-order valence-electron chi connectivity index (χ0n) is 43.7. The smallest absolute Gasteiger partial charge is 0.0540 e. The van der Waals surface area contributed by atoms with Gasteiger partial charge in [-0.15, -0.1) is 0 Å². The molecule has 12 aromatic carbocycles. The maximum Gasteiger partial charge on any atom is 0.0540 e. The summed E-state index contributed by atoms with van der Waals surface area (Å²) in [5.41, 5.74) is 26.5. The largest absolute Gasteiger partial charge is 0.310 e. The summed E-state index contributed by atoms with van der Waals surface area (Å²) in [7, 11) is 0. The average molecular weight is 953 g/mol. The van der Waals surface area contributed by atoms with Gasteiger partial charge < -0.3 is 9.80 Å². The first-order chi connectivity index (χ1) is 36.0. The van der Waals surface area contributed by atoms with E-state index in [0.29, 0.717) is 0 Å². The van der Waals surface area contributed by atoms with Gasteiger partial charge in [0.25, 0.3) is 0 Å². The van der Waals surface area contributed by atoms with Crippen molar-refractivity contribution in [3.63, 3.8) is 0 Å². The van der Waals surface area contributed by atoms with Gasteiger partial charge >= 0.3 is 0 Å². The van der Waals surface area contributed by atoms with Crippen molar-refractivity contribution < 1.29 is 0 Å². The highest BCUT2D eigenvalue weighted by Crippen LogP contribution is 2.50. The van der Waals surface area contributed by atoms with E-state index in [1.807, 2.05) is 0 Å². The molecule has 0 aromatic heterocycles. The summed E-state index contributed by atoms with van der Waals surface area (Å²) >= 11 is 0. The molecule has 0 spiro atoms. The molecule has 0 aliphatic carbocycles. The Hall–Kier alpha value is -8.72. The molecule has 0 saturated carbocycles. The summed E-state index contributed by atoms with van der Waals surface area (Å²) in [4.78, 5) is 5.05. The molecule has 0 heterocycles. The molecule has 12 aromatic rings. The number of benzene rings is 12. The molecule has 2 nitrogen and oxygen atoms in total. The Morgan fingerprint density at radius 2 is 0.541 bits per heavy atom. The number of anilines is 6. The van der Waals surface area contributed by atoms with E-state index in [0.717, 1.165) is 34.1 Å². The van der Waals surface area contributed by atoms with Crippen LogP contribution in [0.1, 0.15) is 44.5 Å². The second-order valence-electron chi connectivity index (χ2n) is 20.6. The Morgan fingerprint density at radius 3 is 0.851 bits per heavy atom. The topological polar surface area (TPSA) is 6.48 Å². The molecule has 0 radical (unpaired) electrons. The maximum absolute atomic E-state index is 2.53. The minimum Gasteiger partial charge on any atom is -0.310 e. The van der Waals surface area contributed by atoms with E-state index in [1.54, 1.807) is 0 Å². The van der Waals surface area contributed by atoms with Gasteiger partial charge in [0, 0.05) is 33.5 Å². The highest BCUT2D eigenvalue weighted by Gasteiger charge is 2.25. The maximum atomic E-state index is 2.53. The van der Waals surface area contributed by atoms with Crippen molar-refractivity contribution in [3.05, 3.63) is 263 Å². The van der Waals surface area contributed by atoms with Gasteiger partial charge in [-0.2, -0.15) is 0 Å². The lowest BCUT2D eigenvalue weighted by atomic mass is 9.90. The van der Waals surface area contributed by atoms with Gasteiger partial charge in [0.05, 0.1) is 11.4 Å². The molecule has 74 heavy (non-hydrogen) atoms. The molecule has 0 fully saturated rings. The molecule has 0 bridgehead atoms. The molecule has 0 amide bonds. The fourth-order valence-corrected chi connectivity index (χ4v) is 11.8. The van der Waals surface area contributed by atoms with Crippen LogP contribution >= 0.6 is 0 Å². The van der Waals surface area contributed by atoms with Crippen LogP contribution in [-0.2, 0) is 0 Å². The predicted octanol–water partition coefficient (Wildman–Crippen LogP) is 20.7.